The van der Waals surface area contributed by atoms with Crippen LogP contribution in [0.15, 0.2) is 72.8 Å². The molecule has 0 aliphatic rings. The van der Waals surface area contributed by atoms with Crippen LogP contribution in [0.1, 0.15) is 0 Å². The van der Waals surface area contributed by atoms with Gasteiger partial charge in [0.15, 0.2) is 0 Å². The van der Waals surface area contributed by atoms with E-state index in [-0.39, 0.29) is 0 Å². The van der Waals surface area contributed by atoms with Crippen molar-refractivity contribution < 1.29 is 5.11 Å². The van der Waals surface area contributed by atoms with Crippen molar-refractivity contribution in [1.29, 1.82) is 0 Å². The first-order chi connectivity index (χ1) is 11.3. The fourth-order valence-corrected chi connectivity index (χ4v) is 3.27. The Kier molecular flexibility index (Phi) is 3.16. The molecule has 2 nitrogen and oxygen atoms in total. The van der Waals surface area contributed by atoms with Gasteiger partial charge in [-0.1, -0.05) is 60.7 Å². The van der Waals surface area contributed by atoms with E-state index in [4.69, 9.17) is 0 Å². The molecule has 0 aliphatic heterocycles. The molecule has 0 saturated carbocycles. The molecule has 0 saturated heterocycles. The van der Waals surface area contributed by atoms with Crippen LogP contribution >= 0.6 is 0 Å². The lowest BCUT2D eigenvalue weighted by Crippen LogP contribution is -1.94. The number of rotatable bonds is 2. The minimum atomic E-state index is 0.302. The number of hydrogen-bond donors (Lipinski definition) is 2. The molecule has 0 atom stereocenters. The van der Waals surface area contributed by atoms with Crippen molar-refractivity contribution in [2.45, 2.75) is 0 Å². The summed E-state index contributed by atoms with van der Waals surface area (Å²) in [6, 6.07) is 24.3. The molecule has 0 unspecified atom stereocenters. The average molecular weight is 299 g/mol. The van der Waals surface area contributed by atoms with E-state index >= 15 is 0 Å². The van der Waals surface area contributed by atoms with Gasteiger partial charge in [-0.3, -0.25) is 0 Å². The highest BCUT2D eigenvalue weighted by Gasteiger charge is 2.15. The summed E-state index contributed by atoms with van der Waals surface area (Å²) in [5.41, 5.74) is 2.93. The third-order valence-electron chi connectivity index (χ3n) is 4.36. The first-order valence-corrected chi connectivity index (χ1v) is 7.70. The van der Waals surface area contributed by atoms with Crippen LogP contribution in [-0.2, 0) is 0 Å². The van der Waals surface area contributed by atoms with E-state index in [1.54, 1.807) is 6.07 Å². The van der Waals surface area contributed by atoms with E-state index in [0.29, 0.717) is 5.75 Å². The molecule has 0 heterocycles. The van der Waals surface area contributed by atoms with Crippen LogP contribution in [-0.4, -0.2) is 12.2 Å². The molecule has 0 spiro atoms. The largest absolute Gasteiger partial charge is 0.507 e. The first-order valence-electron chi connectivity index (χ1n) is 7.70. The Morgan fingerprint density at radius 3 is 1.87 bits per heavy atom. The molecular formula is C21H17NO. The van der Waals surface area contributed by atoms with Gasteiger partial charge in [-0.15, -0.1) is 0 Å². The standard InChI is InChI=1S/C21H17NO/c1-22-18-12-10-14-6-2-4-8-16(14)20(18)21-17-9-5-3-7-15(17)11-13-19(21)23/h2-13,22-23H,1H3. The van der Waals surface area contributed by atoms with Gasteiger partial charge in [-0.2, -0.15) is 0 Å². The summed E-state index contributed by atoms with van der Waals surface area (Å²) in [5, 5.41) is 18.3. The third kappa shape index (κ3) is 2.11. The predicted molar refractivity (Wildman–Crippen MR) is 98.1 cm³/mol. The Morgan fingerprint density at radius 1 is 0.652 bits per heavy atom. The van der Waals surface area contributed by atoms with E-state index in [0.717, 1.165) is 38.4 Å². The third-order valence-corrected chi connectivity index (χ3v) is 4.36. The van der Waals surface area contributed by atoms with Gasteiger partial charge in [0.25, 0.3) is 0 Å². The van der Waals surface area contributed by atoms with Crippen molar-refractivity contribution in [3.63, 3.8) is 0 Å². The van der Waals surface area contributed by atoms with Gasteiger partial charge in [0.05, 0.1) is 0 Å². The SMILES string of the molecule is CNc1ccc2ccccc2c1-c1c(O)ccc2ccccc12. The van der Waals surface area contributed by atoms with Crippen molar-refractivity contribution in [1.82, 2.24) is 0 Å². The Balaban J connectivity index is 2.21. The van der Waals surface area contributed by atoms with Crippen molar-refractivity contribution in [2.75, 3.05) is 12.4 Å². The Labute approximate surface area is 135 Å². The summed E-state index contributed by atoms with van der Waals surface area (Å²) in [6.07, 6.45) is 0. The monoisotopic (exact) mass is 299 g/mol. The molecule has 0 fully saturated rings. The Bertz CT molecular complexity index is 1020. The average Bonchev–Trinajstić information content (AvgIpc) is 2.61. The number of fused-ring (bicyclic) bond motifs is 2. The second-order valence-corrected chi connectivity index (χ2v) is 5.64. The molecule has 4 rings (SSSR count). The summed E-state index contributed by atoms with van der Waals surface area (Å²) in [7, 11) is 1.91. The van der Waals surface area contributed by atoms with Gasteiger partial charge in [0, 0.05) is 23.9 Å². The van der Waals surface area contributed by atoms with Crippen molar-refractivity contribution in [3.8, 4) is 16.9 Å². The topological polar surface area (TPSA) is 32.3 Å². The quantitative estimate of drug-likeness (QED) is 0.519. The van der Waals surface area contributed by atoms with Crippen LogP contribution in [0.2, 0.25) is 0 Å². The second kappa shape index (κ2) is 5.33. The number of anilines is 1. The minimum Gasteiger partial charge on any atom is -0.507 e. The zero-order chi connectivity index (χ0) is 15.8. The normalized spacial score (nSPS) is 11.0. The first kappa shape index (κ1) is 13.6. The molecular weight excluding hydrogens is 282 g/mol. The van der Waals surface area contributed by atoms with E-state index in [1.165, 1.54) is 0 Å². The Hall–Kier alpha value is -3.00. The molecule has 112 valence electrons. The molecule has 4 aromatic rings. The summed E-state index contributed by atoms with van der Waals surface area (Å²) in [4.78, 5) is 0. The number of phenols is 1. The maximum atomic E-state index is 10.6. The van der Waals surface area contributed by atoms with Crippen LogP contribution in [0.5, 0.6) is 5.75 Å². The lowest BCUT2D eigenvalue weighted by molar-refractivity contribution is 0.478. The minimum absolute atomic E-state index is 0.302. The molecule has 0 aromatic heterocycles. The molecule has 0 aliphatic carbocycles. The number of phenolic OH excluding ortho intramolecular Hbond substituents is 1. The van der Waals surface area contributed by atoms with Gasteiger partial charge in [0.2, 0.25) is 0 Å². The molecule has 2 heteroatoms. The highest BCUT2D eigenvalue weighted by molar-refractivity contribution is 6.11. The van der Waals surface area contributed by atoms with Crippen molar-refractivity contribution in [2.24, 2.45) is 0 Å². The second-order valence-electron chi connectivity index (χ2n) is 5.64. The number of hydrogen-bond acceptors (Lipinski definition) is 2. The zero-order valence-corrected chi connectivity index (χ0v) is 12.9. The van der Waals surface area contributed by atoms with Crippen LogP contribution in [0.3, 0.4) is 0 Å². The van der Waals surface area contributed by atoms with E-state index in [2.05, 4.69) is 41.7 Å². The fraction of sp³-hybridized carbons (Fsp3) is 0.0476. The van der Waals surface area contributed by atoms with Crippen LogP contribution < -0.4 is 5.32 Å². The molecule has 0 bridgehead atoms. The molecule has 4 aromatic carbocycles. The van der Waals surface area contributed by atoms with Crippen LogP contribution in [0, 0.1) is 0 Å². The lowest BCUT2D eigenvalue weighted by Gasteiger charge is -2.16. The number of aromatic hydroxyl groups is 1. The highest BCUT2D eigenvalue weighted by Crippen LogP contribution is 2.43. The van der Waals surface area contributed by atoms with Crippen LogP contribution in [0.25, 0.3) is 32.7 Å². The summed E-state index contributed by atoms with van der Waals surface area (Å²) in [6.45, 7) is 0. The molecule has 2 N–H and O–H groups in total. The predicted octanol–water partition coefficient (Wildman–Crippen LogP) is 5.41. The van der Waals surface area contributed by atoms with E-state index in [1.807, 2.05) is 37.4 Å². The maximum Gasteiger partial charge on any atom is 0.124 e. The smallest absolute Gasteiger partial charge is 0.124 e. The molecule has 0 amide bonds. The molecule has 0 radical (unpaired) electrons. The summed E-state index contributed by atoms with van der Waals surface area (Å²) >= 11 is 0. The van der Waals surface area contributed by atoms with Gasteiger partial charge >= 0.3 is 0 Å². The molecule has 23 heavy (non-hydrogen) atoms. The van der Waals surface area contributed by atoms with Crippen molar-refractivity contribution in [3.05, 3.63) is 72.8 Å². The lowest BCUT2D eigenvalue weighted by atomic mass is 9.91. The van der Waals surface area contributed by atoms with E-state index < -0.39 is 0 Å². The summed E-state index contributed by atoms with van der Waals surface area (Å²) < 4.78 is 0. The number of benzene rings is 4. The fourth-order valence-electron chi connectivity index (χ4n) is 3.27. The highest BCUT2D eigenvalue weighted by atomic mass is 16.3. The zero-order valence-electron chi connectivity index (χ0n) is 12.9. The number of nitrogens with one attached hydrogen (secondary N) is 1. The Morgan fingerprint density at radius 2 is 1.22 bits per heavy atom. The van der Waals surface area contributed by atoms with Gasteiger partial charge < -0.3 is 10.4 Å². The maximum absolute atomic E-state index is 10.6. The van der Waals surface area contributed by atoms with Crippen LogP contribution in [0.4, 0.5) is 5.69 Å². The summed E-state index contributed by atoms with van der Waals surface area (Å²) in [5.74, 6) is 0.302. The van der Waals surface area contributed by atoms with Gasteiger partial charge in [-0.25, -0.2) is 0 Å². The van der Waals surface area contributed by atoms with Crippen molar-refractivity contribution >= 4 is 27.2 Å². The van der Waals surface area contributed by atoms with Gasteiger partial charge in [-0.05, 0) is 33.7 Å². The van der Waals surface area contributed by atoms with Gasteiger partial charge in [0.1, 0.15) is 5.75 Å². The van der Waals surface area contributed by atoms with E-state index in [9.17, 15) is 5.11 Å².